The lowest BCUT2D eigenvalue weighted by Crippen LogP contribution is -2.26. The van der Waals surface area contributed by atoms with E-state index in [4.69, 9.17) is 4.74 Å². The molecule has 0 aromatic carbocycles. The zero-order valence-electron chi connectivity index (χ0n) is 5.57. The Hall–Kier alpha value is -0.670. The second-order valence-electron chi connectivity index (χ2n) is 2.76. The van der Waals surface area contributed by atoms with Gasteiger partial charge in [-0.25, -0.2) is 0 Å². The Morgan fingerprint density at radius 2 is 2.40 bits per heavy atom. The molecule has 54 valence electrons. The number of aliphatic hydroxyl groups is 1. The summed E-state index contributed by atoms with van der Waals surface area (Å²) in [5.74, 6) is -0.00667. The Labute approximate surface area is 58.3 Å². The van der Waals surface area contributed by atoms with Crippen LogP contribution >= 0.6 is 0 Å². The van der Waals surface area contributed by atoms with Gasteiger partial charge in [0.1, 0.15) is 18.3 Å². The minimum atomic E-state index is -0.553. The molecule has 0 spiro atoms. The lowest BCUT2D eigenvalue weighted by Gasteiger charge is -2.10. The average molecular weight is 140 g/mol. The highest BCUT2D eigenvalue weighted by Gasteiger charge is 2.51. The van der Waals surface area contributed by atoms with Gasteiger partial charge in [0, 0.05) is 0 Å². The first-order valence-electron chi connectivity index (χ1n) is 3.26. The van der Waals surface area contributed by atoms with Crippen LogP contribution < -0.4 is 0 Å². The van der Waals surface area contributed by atoms with Gasteiger partial charge in [0.15, 0.2) is 5.78 Å². The molecule has 1 saturated heterocycles. The second kappa shape index (κ2) is 1.68. The van der Waals surface area contributed by atoms with Crippen molar-refractivity contribution in [2.24, 2.45) is 0 Å². The molecule has 1 aliphatic heterocycles. The van der Waals surface area contributed by atoms with Crippen molar-refractivity contribution in [3.8, 4) is 0 Å². The van der Waals surface area contributed by atoms with E-state index in [1.54, 1.807) is 6.92 Å². The molecule has 3 nitrogen and oxygen atoms in total. The molecule has 10 heavy (non-hydrogen) atoms. The maximum absolute atomic E-state index is 10.9. The van der Waals surface area contributed by atoms with Crippen molar-refractivity contribution in [3.05, 3.63) is 11.6 Å². The maximum atomic E-state index is 10.9. The molecule has 0 aromatic heterocycles. The molecule has 0 aromatic rings. The van der Waals surface area contributed by atoms with Crippen LogP contribution in [0, 0.1) is 0 Å². The molecule has 2 rings (SSSR count). The molecule has 0 radical (unpaired) electrons. The molecule has 0 bridgehead atoms. The van der Waals surface area contributed by atoms with E-state index >= 15 is 0 Å². The molecule has 3 heteroatoms. The van der Waals surface area contributed by atoms with Gasteiger partial charge in [0.05, 0.1) is 0 Å². The lowest BCUT2D eigenvalue weighted by atomic mass is 9.97. The minimum absolute atomic E-state index is 0.00667. The van der Waals surface area contributed by atoms with Gasteiger partial charge in [-0.2, -0.15) is 0 Å². The number of epoxide rings is 1. The number of carbonyl (C=O) groups excluding carboxylic acids is 1. The number of carbonyl (C=O) groups is 1. The number of fused-ring (bicyclic) bond motifs is 1. The Morgan fingerprint density at radius 1 is 1.70 bits per heavy atom. The number of ketones is 1. The van der Waals surface area contributed by atoms with E-state index in [0.717, 1.165) is 0 Å². The third-order valence-electron chi connectivity index (χ3n) is 1.95. The summed E-state index contributed by atoms with van der Waals surface area (Å²) >= 11 is 0. The van der Waals surface area contributed by atoms with Gasteiger partial charge < -0.3 is 9.84 Å². The molecule has 0 saturated carbocycles. The summed E-state index contributed by atoms with van der Waals surface area (Å²) in [4.78, 5) is 10.9. The third-order valence-corrected chi connectivity index (χ3v) is 1.95. The van der Waals surface area contributed by atoms with Crippen molar-refractivity contribution < 1.29 is 14.6 Å². The van der Waals surface area contributed by atoms with E-state index in [1.807, 2.05) is 0 Å². The summed E-state index contributed by atoms with van der Waals surface area (Å²) in [6.45, 7) is 1.74. The van der Waals surface area contributed by atoms with Crippen LogP contribution in [-0.2, 0) is 9.53 Å². The summed E-state index contributed by atoms with van der Waals surface area (Å²) in [6.07, 6.45) is 0.331. The molecule has 0 unspecified atom stereocenters. The molecule has 2 aliphatic rings. The molecule has 1 N–H and O–H groups in total. The monoisotopic (exact) mass is 140 g/mol. The van der Waals surface area contributed by atoms with Crippen molar-refractivity contribution in [1.29, 1.82) is 0 Å². The van der Waals surface area contributed by atoms with E-state index < -0.39 is 6.10 Å². The first-order valence-corrected chi connectivity index (χ1v) is 3.26. The van der Waals surface area contributed by atoms with Gasteiger partial charge in [-0.1, -0.05) is 0 Å². The molecular weight excluding hydrogens is 132 g/mol. The van der Waals surface area contributed by atoms with Crippen LogP contribution in [0.4, 0.5) is 0 Å². The highest BCUT2D eigenvalue weighted by molar-refractivity contribution is 5.97. The topological polar surface area (TPSA) is 49.8 Å². The third kappa shape index (κ3) is 0.646. The Bertz CT molecular complexity index is 219. The summed E-state index contributed by atoms with van der Waals surface area (Å²) in [5, 5.41) is 9.26. The zero-order valence-corrected chi connectivity index (χ0v) is 5.57. The van der Waals surface area contributed by atoms with Crippen LogP contribution in [0.15, 0.2) is 11.6 Å². The molecule has 1 aliphatic carbocycles. The van der Waals surface area contributed by atoms with Crippen molar-refractivity contribution in [1.82, 2.24) is 0 Å². The highest BCUT2D eigenvalue weighted by Crippen LogP contribution is 2.33. The van der Waals surface area contributed by atoms with E-state index in [2.05, 4.69) is 0 Å². The second-order valence-corrected chi connectivity index (χ2v) is 2.76. The standard InChI is InChI=1S/C7H8O3/c1-3-2-4(8)6-7(10-6)5(3)9/h2,5-7,9H,1H3/t5-,6+,7-/m1/s1. The van der Waals surface area contributed by atoms with Crippen LogP contribution in [0.5, 0.6) is 0 Å². The van der Waals surface area contributed by atoms with Crippen LogP contribution in [-0.4, -0.2) is 29.2 Å². The Kier molecular flexibility index (Phi) is 1.02. The predicted molar refractivity (Wildman–Crippen MR) is 33.4 cm³/mol. The van der Waals surface area contributed by atoms with Crippen molar-refractivity contribution >= 4 is 5.78 Å². The van der Waals surface area contributed by atoms with Crippen LogP contribution in [0.1, 0.15) is 6.92 Å². The van der Waals surface area contributed by atoms with Crippen LogP contribution in [0.3, 0.4) is 0 Å². The van der Waals surface area contributed by atoms with Gasteiger partial charge >= 0.3 is 0 Å². The first kappa shape index (κ1) is 6.07. The zero-order chi connectivity index (χ0) is 7.30. The predicted octanol–water partition coefficient (Wildman–Crippen LogP) is -0.356. The fourth-order valence-electron chi connectivity index (χ4n) is 1.24. The van der Waals surface area contributed by atoms with E-state index in [0.29, 0.717) is 5.57 Å². The fraction of sp³-hybridized carbons (Fsp3) is 0.571. The summed E-state index contributed by atoms with van der Waals surface area (Å²) in [5.41, 5.74) is 0.712. The van der Waals surface area contributed by atoms with Crippen LogP contribution in [0.2, 0.25) is 0 Å². The van der Waals surface area contributed by atoms with Gasteiger partial charge in [0.2, 0.25) is 0 Å². The summed E-state index contributed by atoms with van der Waals surface area (Å²) in [7, 11) is 0. The quantitative estimate of drug-likeness (QED) is 0.467. The fourth-order valence-corrected chi connectivity index (χ4v) is 1.24. The van der Waals surface area contributed by atoms with Gasteiger partial charge in [0.25, 0.3) is 0 Å². The molecule has 3 atom stereocenters. The van der Waals surface area contributed by atoms with Gasteiger partial charge in [-0.15, -0.1) is 0 Å². The summed E-state index contributed by atoms with van der Waals surface area (Å²) in [6, 6.07) is 0. The maximum Gasteiger partial charge on any atom is 0.187 e. The number of hydrogen-bond donors (Lipinski definition) is 1. The SMILES string of the molecule is CC1=CC(=O)[C@@H]2O[C@@H]2[C@@H]1O. The first-order chi connectivity index (χ1) is 4.70. The van der Waals surface area contributed by atoms with Crippen molar-refractivity contribution in [2.75, 3.05) is 0 Å². The van der Waals surface area contributed by atoms with Gasteiger partial charge in [-0.05, 0) is 18.6 Å². The van der Waals surface area contributed by atoms with Gasteiger partial charge in [-0.3, -0.25) is 4.79 Å². The average Bonchev–Trinajstić information content (AvgIpc) is 2.61. The lowest BCUT2D eigenvalue weighted by molar-refractivity contribution is -0.116. The van der Waals surface area contributed by atoms with E-state index in [-0.39, 0.29) is 18.0 Å². The smallest absolute Gasteiger partial charge is 0.187 e. The molecule has 1 heterocycles. The number of ether oxygens (including phenoxy) is 1. The Balaban J connectivity index is 2.30. The van der Waals surface area contributed by atoms with E-state index in [1.165, 1.54) is 6.08 Å². The van der Waals surface area contributed by atoms with Crippen molar-refractivity contribution in [2.45, 2.75) is 25.2 Å². The minimum Gasteiger partial charge on any atom is -0.386 e. The Morgan fingerprint density at radius 3 is 3.10 bits per heavy atom. The largest absolute Gasteiger partial charge is 0.386 e. The normalized spacial score (nSPS) is 44.4. The highest BCUT2D eigenvalue weighted by atomic mass is 16.6. The number of rotatable bonds is 0. The number of hydrogen-bond acceptors (Lipinski definition) is 3. The number of aliphatic hydroxyl groups excluding tert-OH is 1. The van der Waals surface area contributed by atoms with Crippen molar-refractivity contribution in [3.63, 3.8) is 0 Å². The molecule has 0 amide bonds. The summed E-state index contributed by atoms with van der Waals surface area (Å²) < 4.78 is 4.92. The van der Waals surface area contributed by atoms with E-state index in [9.17, 15) is 9.90 Å². The van der Waals surface area contributed by atoms with Crippen LogP contribution in [0.25, 0.3) is 0 Å². The molecule has 1 fully saturated rings. The molecular formula is C7H8O3.